The van der Waals surface area contributed by atoms with Crippen LogP contribution in [0.3, 0.4) is 0 Å². The molecule has 0 aromatic heterocycles. The Bertz CT molecular complexity index is 310. The molecular formula is C12H21NO5. The van der Waals surface area contributed by atoms with Gasteiger partial charge in [-0.1, -0.05) is 0 Å². The Kier molecular flexibility index (Phi) is 4.95. The topological polar surface area (TPSA) is 73.9 Å². The van der Waals surface area contributed by atoms with Crippen LogP contribution in [0.15, 0.2) is 0 Å². The molecule has 6 heteroatoms. The fourth-order valence-electron chi connectivity index (χ4n) is 1.74. The van der Waals surface area contributed by atoms with Crippen molar-refractivity contribution < 1.29 is 23.8 Å². The highest BCUT2D eigenvalue weighted by molar-refractivity contribution is 5.73. The standard InChI is InChI=1S/C12H21NO5/c1-12(2,3)18-11(15)13-9-5-8(6-17-7-9)10(14)16-4/h8-9H,5-7H2,1-4H3,(H,13,15)/t8-,9-/m1/s1. The van der Waals surface area contributed by atoms with Gasteiger partial charge in [0.2, 0.25) is 0 Å². The summed E-state index contributed by atoms with van der Waals surface area (Å²) in [6, 6.07) is -0.224. The Morgan fingerprint density at radius 3 is 2.50 bits per heavy atom. The van der Waals surface area contributed by atoms with E-state index in [1.54, 1.807) is 20.8 Å². The Hall–Kier alpha value is -1.30. The van der Waals surface area contributed by atoms with Crippen LogP contribution in [0, 0.1) is 5.92 Å². The van der Waals surface area contributed by atoms with Crippen LogP contribution in [-0.2, 0) is 19.0 Å². The summed E-state index contributed by atoms with van der Waals surface area (Å²) in [5.41, 5.74) is -0.540. The van der Waals surface area contributed by atoms with Gasteiger partial charge in [0.1, 0.15) is 5.60 Å². The van der Waals surface area contributed by atoms with E-state index >= 15 is 0 Å². The summed E-state index contributed by atoms with van der Waals surface area (Å²) in [4.78, 5) is 22.9. The number of alkyl carbamates (subject to hydrolysis) is 1. The molecule has 0 radical (unpaired) electrons. The number of amides is 1. The Morgan fingerprint density at radius 1 is 1.28 bits per heavy atom. The number of rotatable bonds is 2. The molecule has 1 fully saturated rings. The van der Waals surface area contributed by atoms with Gasteiger partial charge in [-0.15, -0.1) is 0 Å². The normalized spacial score (nSPS) is 24.2. The number of hydrogen-bond donors (Lipinski definition) is 1. The van der Waals surface area contributed by atoms with Gasteiger partial charge in [0.05, 0.1) is 32.3 Å². The van der Waals surface area contributed by atoms with Crippen molar-refractivity contribution in [3.05, 3.63) is 0 Å². The van der Waals surface area contributed by atoms with Gasteiger partial charge in [0.25, 0.3) is 0 Å². The lowest BCUT2D eigenvalue weighted by molar-refractivity contribution is -0.150. The van der Waals surface area contributed by atoms with Crippen molar-refractivity contribution in [2.45, 2.75) is 38.8 Å². The molecule has 0 aromatic carbocycles. The second-order valence-corrected chi connectivity index (χ2v) is 5.34. The van der Waals surface area contributed by atoms with E-state index in [0.29, 0.717) is 19.6 Å². The monoisotopic (exact) mass is 259 g/mol. The van der Waals surface area contributed by atoms with Crippen LogP contribution in [0.4, 0.5) is 4.79 Å². The van der Waals surface area contributed by atoms with E-state index in [1.807, 2.05) is 0 Å². The lowest BCUT2D eigenvalue weighted by Gasteiger charge is -2.29. The van der Waals surface area contributed by atoms with Crippen molar-refractivity contribution in [1.82, 2.24) is 5.32 Å². The van der Waals surface area contributed by atoms with Gasteiger partial charge < -0.3 is 19.5 Å². The molecule has 0 spiro atoms. The number of ether oxygens (including phenoxy) is 3. The number of nitrogens with one attached hydrogen (secondary N) is 1. The third kappa shape index (κ3) is 4.91. The first kappa shape index (κ1) is 14.8. The molecule has 1 rings (SSSR count). The lowest BCUT2D eigenvalue weighted by atomic mass is 9.99. The van der Waals surface area contributed by atoms with Crippen LogP contribution in [0.1, 0.15) is 27.2 Å². The zero-order chi connectivity index (χ0) is 13.8. The van der Waals surface area contributed by atoms with Crippen LogP contribution >= 0.6 is 0 Å². The predicted molar refractivity (Wildman–Crippen MR) is 64.1 cm³/mol. The number of esters is 1. The SMILES string of the molecule is COC(=O)[C@H]1COC[C@H](NC(=O)OC(C)(C)C)C1. The number of methoxy groups -OCH3 is 1. The second kappa shape index (κ2) is 6.04. The summed E-state index contributed by atoms with van der Waals surface area (Å²) in [6.07, 6.45) is 0.00737. The third-order valence-electron chi connectivity index (χ3n) is 2.46. The minimum absolute atomic E-state index is 0.224. The van der Waals surface area contributed by atoms with E-state index < -0.39 is 11.7 Å². The fraction of sp³-hybridized carbons (Fsp3) is 0.833. The van der Waals surface area contributed by atoms with Gasteiger partial charge in [-0.25, -0.2) is 4.79 Å². The lowest BCUT2D eigenvalue weighted by Crippen LogP contribution is -2.46. The summed E-state index contributed by atoms with van der Waals surface area (Å²) >= 11 is 0. The zero-order valence-electron chi connectivity index (χ0n) is 11.3. The molecule has 1 saturated heterocycles. The Balaban J connectivity index is 2.43. The van der Waals surface area contributed by atoms with Crippen molar-refractivity contribution in [3.63, 3.8) is 0 Å². The maximum Gasteiger partial charge on any atom is 0.407 e. The molecule has 1 heterocycles. The predicted octanol–water partition coefficient (Wildman–Crippen LogP) is 1.09. The van der Waals surface area contributed by atoms with Gasteiger partial charge in [-0.3, -0.25) is 4.79 Å². The van der Waals surface area contributed by atoms with Gasteiger partial charge in [-0.05, 0) is 27.2 Å². The largest absolute Gasteiger partial charge is 0.469 e. The second-order valence-electron chi connectivity index (χ2n) is 5.34. The highest BCUT2D eigenvalue weighted by atomic mass is 16.6. The maximum atomic E-state index is 11.6. The highest BCUT2D eigenvalue weighted by Gasteiger charge is 2.30. The quantitative estimate of drug-likeness (QED) is 0.751. The molecule has 1 aliphatic heterocycles. The first-order valence-corrected chi connectivity index (χ1v) is 5.97. The van der Waals surface area contributed by atoms with Crippen LogP contribution < -0.4 is 5.32 Å². The molecule has 0 unspecified atom stereocenters. The van der Waals surface area contributed by atoms with Gasteiger partial charge in [0.15, 0.2) is 0 Å². The van der Waals surface area contributed by atoms with E-state index in [4.69, 9.17) is 9.47 Å². The smallest absolute Gasteiger partial charge is 0.407 e. The molecule has 0 saturated carbocycles. The van der Waals surface area contributed by atoms with E-state index in [1.165, 1.54) is 7.11 Å². The van der Waals surface area contributed by atoms with Gasteiger partial charge >= 0.3 is 12.1 Å². The van der Waals surface area contributed by atoms with Crippen LogP contribution in [0.25, 0.3) is 0 Å². The number of hydrogen-bond acceptors (Lipinski definition) is 5. The Labute approximate surface area is 107 Å². The third-order valence-corrected chi connectivity index (χ3v) is 2.46. The average Bonchev–Trinajstić information content (AvgIpc) is 2.25. The minimum atomic E-state index is -0.540. The number of carbonyl (C=O) groups excluding carboxylic acids is 2. The van der Waals surface area contributed by atoms with Crippen molar-refractivity contribution in [3.8, 4) is 0 Å². The summed E-state index contributed by atoms with van der Waals surface area (Å²) in [6.45, 7) is 6.09. The van der Waals surface area contributed by atoms with Crippen molar-refractivity contribution >= 4 is 12.1 Å². The van der Waals surface area contributed by atoms with Crippen molar-refractivity contribution in [1.29, 1.82) is 0 Å². The molecule has 1 aliphatic rings. The molecular weight excluding hydrogens is 238 g/mol. The Morgan fingerprint density at radius 2 is 1.94 bits per heavy atom. The summed E-state index contributed by atoms with van der Waals surface area (Å²) in [5.74, 6) is -0.644. The van der Waals surface area contributed by atoms with Crippen molar-refractivity contribution in [2.24, 2.45) is 5.92 Å². The molecule has 0 bridgehead atoms. The summed E-state index contributed by atoms with van der Waals surface area (Å²) in [5, 5.41) is 2.69. The number of carbonyl (C=O) groups is 2. The van der Waals surface area contributed by atoms with Crippen LogP contribution in [-0.4, -0.2) is 44.0 Å². The summed E-state index contributed by atoms with van der Waals surface area (Å²) < 4.78 is 15.1. The molecule has 6 nitrogen and oxygen atoms in total. The van der Waals surface area contributed by atoms with Gasteiger partial charge in [0, 0.05) is 0 Å². The molecule has 104 valence electrons. The molecule has 1 N–H and O–H groups in total. The summed E-state index contributed by atoms with van der Waals surface area (Å²) in [7, 11) is 1.34. The zero-order valence-corrected chi connectivity index (χ0v) is 11.3. The minimum Gasteiger partial charge on any atom is -0.469 e. The van der Waals surface area contributed by atoms with E-state index in [0.717, 1.165) is 0 Å². The molecule has 0 aliphatic carbocycles. The molecule has 0 aromatic rings. The van der Waals surface area contributed by atoms with Crippen LogP contribution in [0.5, 0.6) is 0 Å². The highest BCUT2D eigenvalue weighted by Crippen LogP contribution is 2.16. The van der Waals surface area contributed by atoms with E-state index in [-0.39, 0.29) is 17.9 Å². The average molecular weight is 259 g/mol. The van der Waals surface area contributed by atoms with E-state index in [9.17, 15) is 9.59 Å². The first-order chi connectivity index (χ1) is 8.31. The maximum absolute atomic E-state index is 11.6. The van der Waals surface area contributed by atoms with Crippen molar-refractivity contribution in [2.75, 3.05) is 20.3 Å². The molecule has 18 heavy (non-hydrogen) atoms. The van der Waals surface area contributed by atoms with E-state index in [2.05, 4.69) is 10.1 Å². The van der Waals surface area contributed by atoms with Gasteiger partial charge in [-0.2, -0.15) is 0 Å². The fourth-order valence-corrected chi connectivity index (χ4v) is 1.74. The first-order valence-electron chi connectivity index (χ1n) is 5.97. The van der Waals surface area contributed by atoms with Crippen LogP contribution in [0.2, 0.25) is 0 Å². The molecule has 1 amide bonds. The molecule has 2 atom stereocenters.